The largest absolute Gasteiger partial charge is 0.497 e. The number of carbonyl (C=O) groups is 2. The van der Waals surface area contributed by atoms with Crippen molar-refractivity contribution in [3.63, 3.8) is 0 Å². The number of hydrogen-bond donors (Lipinski definition) is 0. The third-order valence-corrected chi connectivity index (χ3v) is 3.31. The maximum Gasteiger partial charge on any atom is 0.209 e. The van der Waals surface area contributed by atoms with E-state index in [1.807, 2.05) is 12.1 Å². The molecular formula is C14H18N2O3. The summed E-state index contributed by atoms with van der Waals surface area (Å²) in [6, 6.07) is 7.19. The van der Waals surface area contributed by atoms with Gasteiger partial charge in [0.25, 0.3) is 0 Å². The summed E-state index contributed by atoms with van der Waals surface area (Å²) in [5, 5.41) is 0. The van der Waals surface area contributed by atoms with Crippen LogP contribution in [0.25, 0.3) is 0 Å². The number of Topliss-reactive ketones (excluding diaryl/α,β-unsaturated/α-hetero) is 1. The fraction of sp³-hybridized carbons (Fsp3) is 0.429. The molecule has 0 bridgehead atoms. The molecule has 1 aliphatic heterocycles. The number of ketones is 1. The van der Waals surface area contributed by atoms with Crippen LogP contribution in [0.5, 0.6) is 5.75 Å². The summed E-state index contributed by atoms with van der Waals surface area (Å²) in [5.41, 5.74) is 0.664. The van der Waals surface area contributed by atoms with Crippen LogP contribution in [0.15, 0.2) is 24.3 Å². The first-order chi connectivity index (χ1) is 9.22. The fourth-order valence-corrected chi connectivity index (χ4v) is 2.12. The van der Waals surface area contributed by atoms with Gasteiger partial charge in [-0.2, -0.15) is 0 Å². The normalized spacial score (nSPS) is 16.2. The summed E-state index contributed by atoms with van der Waals surface area (Å²) < 4.78 is 5.11. The maximum absolute atomic E-state index is 12.2. The number of benzene rings is 1. The highest BCUT2D eigenvalue weighted by Gasteiger charge is 2.18. The molecule has 0 aliphatic carbocycles. The lowest BCUT2D eigenvalue weighted by Gasteiger charge is -2.31. The molecule has 1 aromatic rings. The van der Waals surface area contributed by atoms with Crippen molar-refractivity contribution in [2.45, 2.75) is 0 Å². The van der Waals surface area contributed by atoms with Crippen LogP contribution < -0.4 is 4.74 Å². The Morgan fingerprint density at radius 1 is 1.32 bits per heavy atom. The van der Waals surface area contributed by atoms with Gasteiger partial charge in [0.1, 0.15) is 5.75 Å². The van der Waals surface area contributed by atoms with E-state index in [1.54, 1.807) is 24.1 Å². The van der Waals surface area contributed by atoms with E-state index in [0.29, 0.717) is 30.9 Å². The first-order valence-electron chi connectivity index (χ1n) is 6.32. The van der Waals surface area contributed by atoms with E-state index in [2.05, 4.69) is 4.90 Å². The minimum absolute atomic E-state index is 0.0819. The molecule has 1 fully saturated rings. The molecule has 5 heteroatoms. The van der Waals surface area contributed by atoms with E-state index in [1.165, 1.54) is 0 Å². The van der Waals surface area contributed by atoms with Gasteiger partial charge in [-0.3, -0.25) is 14.5 Å². The Hall–Kier alpha value is -1.88. The molecule has 19 heavy (non-hydrogen) atoms. The second kappa shape index (κ2) is 6.33. The van der Waals surface area contributed by atoms with Crippen LogP contribution in [-0.4, -0.2) is 61.8 Å². The van der Waals surface area contributed by atoms with Gasteiger partial charge in [0.05, 0.1) is 13.7 Å². The number of methoxy groups -OCH3 is 1. The molecule has 102 valence electrons. The molecule has 1 amide bonds. The van der Waals surface area contributed by atoms with Gasteiger partial charge in [-0.05, 0) is 12.1 Å². The van der Waals surface area contributed by atoms with E-state index in [-0.39, 0.29) is 5.78 Å². The van der Waals surface area contributed by atoms with E-state index in [0.717, 1.165) is 19.5 Å². The van der Waals surface area contributed by atoms with Crippen LogP contribution >= 0.6 is 0 Å². The Labute approximate surface area is 112 Å². The van der Waals surface area contributed by atoms with Crippen molar-refractivity contribution in [1.82, 2.24) is 9.80 Å². The van der Waals surface area contributed by atoms with Crippen molar-refractivity contribution in [2.75, 3.05) is 39.8 Å². The highest BCUT2D eigenvalue weighted by molar-refractivity contribution is 5.97. The Morgan fingerprint density at radius 3 is 2.68 bits per heavy atom. The summed E-state index contributed by atoms with van der Waals surface area (Å²) in [6.45, 7) is 3.26. The van der Waals surface area contributed by atoms with E-state index in [4.69, 9.17) is 4.74 Å². The van der Waals surface area contributed by atoms with Gasteiger partial charge >= 0.3 is 0 Å². The average molecular weight is 262 g/mol. The smallest absolute Gasteiger partial charge is 0.209 e. The summed E-state index contributed by atoms with van der Waals surface area (Å²) >= 11 is 0. The molecule has 5 nitrogen and oxygen atoms in total. The number of hydrogen-bond acceptors (Lipinski definition) is 4. The number of rotatable bonds is 5. The number of ether oxygens (including phenoxy) is 1. The van der Waals surface area contributed by atoms with Crippen molar-refractivity contribution in [3.8, 4) is 5.75 Å². The van der Waals surface area contributed by atoms with Gasteiger partial charge in [0, 0.05) is 31.7 Å². The minimum atomic E-state index is 0.0819. The molecular weight excluding hydrogens is 244 g/mol. The zero-order valence-corrected chi connectivity index (χ0v) is 11.0. The minimum Gasteiger partial charge on any atom is -0.497 e. The molecule has 0 spiro atoms. The van der Waals surface area contributed by atoms with Crippen LogP contribution in [0, 0.1) is 0 Å². The van der Waals surface area contributed by atoms with Crippen molar-refractivity contribution in [1.29, 1.82) is 0 Å². The molecule has 0 atom stereocenters. The van der Waals surface area contributed by atoms with Crippen LogP contribution in [0.1, 0.15) is 10.4 Å². The van der Waals surface area contributed by atoms with Crippen molar-refractivity contribution >= 4 is 12.2 Å². The van der Waals surface area contributed by atoms with E-state index in [9.17, 15) is 9.59 Å². The first kappa shape index (κ1) is 13.5. The fourth-order valence-electron chi connectivity index (χ4n) is 2.12. The monoisotopic (exact) mass is 262 g/mol. The third kappa shape index (κ3) is 3.54. The standard InChI is InChI=1S/C14H18N2O3/c1-19-13-4-2-3-12(9-13)14(18)10-15-5-7-16(11-17)8-6-15/h2-4,9,11H,5-8,10H2,1H3. The zero-order valence-electron chi connectivity index (χ0n) is 11.0. The SMILES string of the molecule is COc1cccc(C(=O)CN2CCN(C=O)CC2)c1. The highest BCUT2D eigenvalue weighted by atomic mass is 16.5. The van der Waals surface area contributed by atoms with E-state index >= 15 is 0 Å². The maximum atomic E-state index is 12.2. The van der Waals surface area contributed by atoms with Crippen LogP contribution in [0.2, 0.25) is 0 Å². The van der Waals surface area contributed by atoms with Gasteiger partial charge in [-0.25, -0.2) is 0 Å². The number of carbonyl (C=O) groups excluding carboxylic acids is 2. The van der Waals surface area contributed by atoms with Crippen LogP contribution in [-0.2, 0) is 4.79 Å². The number of piperazine rings is 1. The Bertz CT molecular complexity index is 454. The van der Waals surface area contributed by atoms with Crippen LogP contribution in [0.4, 0.5) is 0 Å². The second-order valence-electron chi connectivity index (χ2n) is 4.57. The summed E-state index contributed by atoms with van der Waals surface area (Å²) in [4.78, 5) is 26.6. The van der Waals surface area contributed by atoms with Gasteiger partial charge in [-0.1, -0.05) is 12.1 Å². The molecule has 0 N–H and O–H groups in total. The molecule has 0 unspecified atom stereocenters. The Balaban J connectivity index is 1.92. The summed E-state index contributed by atoms with van der Waals surface area (Å²) in [6.07, 6.45) is 0.862. The highest BCUT2D eigenvalue weighted by Crippen LogP contribution is 2.13. The number of amides is 1. The van der Waals surface area contributed by atoms with Crippen molar-refractivity contribution < 1.29 is 14.3 Å². The Morgan fingerprint density at radius 2 is 2.05 bits per heavy atom. The molecule has 1 saturated heterocycles. The van der Waals surface area contributed by atoms with E-state index < -0.39 is 0 Å². The molecule has 0 aromatic heterocycles. The molecule has 0 radical (unpaired) electrons. The van der Waals surface area contributed by atoms with Crippen LogP contribution in [0.3, 0.4) is 0 Å². The first-order valence-corrected chi connectivity index (χ1v) is 6.32. The Kier molecular flexibility index (Phi) is 4.52. The third-order valence-electron chi connectivity index (χ3n) is 3.31. The van der Waals surface area contributed by atoms with Crippen molar-refractivity contribution in [2.24, 2.45) is 0 Å². The number of nitrogens with zero attached hydrogens (tertiary/aromatic N) is 2. The summed E-state index contributed by atoms with van der Waals surface area (Å²) in [7, 11) is 1.59. The average Bonchev–Trinajstić information content (AvgIpc) is 2.48. The molecule has 1 heterocycles. The lowest BCUT2D eigenvalue weighted by molar-refractivity contribution is -0.119. The van der Waals surface area contributed by atoms with Gasteiger partial charge < -0.3 is 9.64 Å². The molecule has 1 aromatic carbocycles. The van der Waals surface area contributed by atoms with Gasteiger partial charge in [0.15, 0.2) is 5.78 Å². The van der Waals surface area contributed by atoms with Gasteiger partial charge in [0.2, 0.25) is 6.41 Å². The predicted molar refractivity (Wildman–Crippen MR) is 71.4 cm³/mol. The lowest BCUT2D eigenvalue weighted by Crippen LogP contribution is -2.47. The molecule has 1 aliphatic rings. The molecule has 2 rings (SSSR count). The lowest BCUT2D eigenvalue weighted by atomic mass is 10.1. The summed E-state index contributed by atoms with van der Waals surface area (Å²) in [5.74, 6) is 0.773. The topological polar surface area (TPSA) is 49.9 Å². The zero-order chi connectivity index (χ0) is 13.7. The predicted octanol–water partition coefficient (Wildman–Crippen LogP) is 0.652. The quantitative estimate of drug-likeness (QED) is 0.577. The van der Waals surface area contributed by atoms with Crippen molar-refractivity contribution in [3.05, 3.63) is 29.8 Å². The second-order valence-corrected chi connectivity index (χ2v) is 4.57. The van der Waals surface area contributed by atoms with Gasteiger partial charge in [-0.15, -0.1) is 0 Å². The molecule has 0 saturated carbocycles.